The monoisotopic (exact) mass is 293 g/mol. The van der Waals surface area contributed by atoms with Gasteiger partial charge in [0.25, 0.3) is 0 Å². The Morgan fingerprint density at radius 2 is 2.15 bits per heavy atom. The number of carbonyl (C=O) groups is 1. The number of carbonyl (C=O) groups excluding carboxylic acids is 1. The number of likely N-dealkylation sites (tertiary alicyclic amines) is 1. The van der Waals surface area contributed by atoms with Gasteiger partial charge in [0.15, 0.2) is 0 Å². The standard InChI is InChI=1S/C16H20ClNO2/c17-14-4-3-12-6-11(7-13(12)9-14)8-16(20)18-5-1-2-15(18)10-19/h3-4,9,11,15,19H,1-2,5-8,10H2/t11?,15-/m0/s1. The lowest BCUT2D eigenvalue weighted by atomic mass is 10.0. The number of aliphatic hydroxyl groups is 1. The lowest BCUT2D eigenvalue weighted by Gasteiger charge is -2.24. The number of hydrogen-bond acceptors (Lipinski definition) is 2. The molecule has 1 saturated heterocycles. The van der Waals surface area contributed by atoms with Crippen LogP contribution in [0.2, 0.25) is 5.02 Å². The van der Waals surface area contributed by atoms with Gasteiger partial charge in [0.2, 0.25) is 5.91 Å². The van der Waals surface area contributed by atoms with E-state index in [1.54, 1.807) is 0 Å². The van der Waals surface area contributed by atoms with Crippen LogP contribution < -0.4 is 0 Å². The molecule has 1 unspecified atom stereocenters. The van der Waals surface area contributed by atoms with E-state index >= 15 is 0 Å². The molecular weight excluding hydrogens is 274 g/mol. The number of benzene rings is 1. The lowest BCUT2D eigenvalue weighted by Crippen LogP contribution is -2.38. The van der Waals surface area contributed by atoms with E-state index in [0.717, 1.165) is 37.3 Å². The van der Waals surface area contributed by atoms with Crippen molar-refractivity contribution in [3.05, 3.63) is 34.3 Å². The van der Waals surface area contributed by atoms with E-state index in [2.05, 4.69) is 6.07 Å². The van der Waals surface area contributed by atoms with Gasteiger partial charge >= 0.3 is 0 Å². The Balaban J connectivity index is 1.61. The van der Waals surface area contributed by atoms with Crippen molar-refractivity contribution >= 4 is 17.5 Å². The second kappa shape index (κ2) is 5.74. The maximum absolute atomic E-state index is 12.4. The van der Waals surface area contributed by atoms with Gasteiger partial charge in [0.1, 0.15) is 0 Å². The fraction of sp³-hybridized carbons (Fsp3) is 0.562. The molecule has 1 aromatic rings. The van der Waals surface area contributed by atoms with Crippen molar-refractivity contribution in [3.8, 4) is 0 Å². The third-order valence-electron chi connectivity index (χ3n) is 4.56. The zero-order valence-electron chi connectivity index (χ0n) is 11.5. The molecule has 0 saturated carbocycles. The van der Waals surface area contributed by atoms with Crippen LogP contribution in [0, 0.1) is 5.92 Å². The lowest BCUT2D eigenvalue weighted by molar-refractivity contribution is -0.133. The summed E-state index contributed by atoms with van der Waals surface area (Å²) in [6.45, 7) is 0.891. The van der Waals surface area contributed by atoms with Crippen molar-refractivity contribution in [1.82, 2.24) is 4.90 Å². The fourth-order valence-corrected chi connectivity index (χ4v) is 3.73. The molecule has 1 aliphatic carbocycles. The predicted octanol–water partition coefficient (Wildman–Crippen LogP) is 2.43. The Morgan fingerprint density at radius 1 is 1.35 bits per heavy atom. The highest BCUT2D eigenvalue weighted by atomic mass is 35.5. The average Bonchev–Trinajstić information content (AvgIpc) is 3.03. The molecule has 1 aromatic carbocycles. The van der Waals surface area contributed by atoms with Crippen molar-refractivity contribution in [1.29, 1.82) is 0 Å². The smallest absolute Gasteiger partial charge is 0.223 e. The number of halogens is 1. The van der Waals surface area contributed by atoms with Gasteiger partial charge in [0, 0.05) is 18.0 Å². The largest absolute Gasteiger partial charge is 0.394 e. The van der Waals surface area contributed by atoms with E-state index in [0.29, 0.717) is 12.3 Å². The summed E-state index contributed by atoms with van der Waals surface area (Å²) < 4.78 is 0. The predicted molar refractivity (Wildman–Crippen MR) is 78.8 cm³/mol. The van der Waals surface area contributed by atoms with Crippen LogP contribution in [0.5, 0.6) is 0 Å². The molecule has 3 nitrogen and oxygen atoms in total. The average molecular weight is 294 g/mol. The Bertz CT molecular complexity index is 517. The van der Waals surface area contributed by atoms with E-state index in [9.17, 15) is 9.90 Å². The number of aliphatic hydroxyl groups excluding tert-OH is 1. The molecule has 1 N–H and O–H groups in total. The zero-order valence-corrected chi connectivity index (χ0v) is 12.3. The minimum absolute atomic E-state index is 0.0423. The molecule has 1 fully saturated rings. The summed E-state index contributed by atoms with van der Waals surface area (Å²) in [5.74, 6) is 0.585. The van der Waals surface area contributed by atoms with Crippen LogP contribution in [0.1, 0.15) is 30.4 Å². The van der Waals surface area contributed by atoms with Crippen LogP contribution in [-0.4, -0.2) is 35.1 Å². The summed E-state index contributed by atoms with van der Waals surface area (Å²) in [6, 6.07) is 6.07. The number of amides is 1. The first kappa shape index (κ1) is 13.9. The maximum Gasteiger partial charge on any atom is 0.223 e. The second-order valence-corrected chi connectivity index (χ2v) is 6.39. The van der Waals surface area contributed by atoms with E-state index in [1.165, 1.54) is 11.1 Å². The molecule has 2 aliphatic rings. The molecule has 0 aromatic heterocycles. The van der Waals surface area contributed by atoms with E-state index in [1.807, 2.05) is 17.0 Å². The molecule has 2 atom stereocenters. The van der Waals surface area contributed by atoms with Crippen LogP contribution in [-0.2, 0) is 17.6 Å². The number of nitrogens with zero attached hydrogens (tertiary/aromatic N) is 1. The third kappa shape index (κ3) is 2.70. The van der Waals surface area contributed by atoms with Crippen LogP contribution >= 0.6 is 11.6 Å². The summed E-state index contributed by atoms with van der Waals surface area (Å²) in [5, 5.41) is 10.1. The Labute approximate surface area is 124 Å². The molecular formula is C16H20ClNO2. The quantitative estimate of drug-likeness (QED) is 0.930. The molecule has 108 valence electrons. The zero-order chi connectivity index (χ0) is 14.1. The Morgan fingerprint density at radius 3 is 2.95 bits per heavy atom. The Kier molecular flexibility index (Phi) is 3.99. The van der Waals surface area contributed by atoms with Gasteiger partial charge in [-0.2, -0.15) is 0 Å². The van der Waals surface area contributed by atoms with Gasteiger partial charge in [0.05, 0.1) is 12.6 Å². The van der Waals surface area contributed by atoms with Crippen LogP contribution in [0.4, 0.5) is 0 Å². The first-order valence-electron chi connectivity index (χ1n) is 7.35. The molecule has 0 bridgehead atoms. The van der Waals surface area contributed by atoms with Crippen molar-refractivity contribution in [3.63, 3.8) is 0 Å². The van der Waals surface area contributed by atoms with Crippen molar-refractivity contribution in [2.45, 2.75) is 38.1 Å². The molecule has 20 heavy (non-hydrogen) atoms. The Hall–Kier alpha value is -1.06. The van der Waals surface area contributed by atoms with E-state index < -0.39 is 0 Å². The van der Waals surface area contributed by atoms with Gasteiger partial charge in [-0.1, -0.05) is 17.7 Å². The number of fused-ring (bicyclic) bond motifs is 1. The van der Waals surface area contributed by atoms with Gasteiger partial charge < -0.3 is 10.0 Å². The molecule has 4 heteroatoms. The van der Waals surface area contributed by atoms with Crippen molar-refractivity contribution < 1.29 is 9.90 Å². The van der Waals surface area contributed by atoms with Crippen LogP contribution in [0.15, 0.2) is 18.2 Å². The topological polar surface area (TPSA) is 40.5 Å². The summed E-state index contributed by atoms with van der Waals surface area (Å²) in [5.41, 5.74) is 2.61. The summed E-state index contributed by atoms with van der Waals surface area (Å²) in [7, 11) is 0. The highest BCUT2D eigenvalue weighted by Gasteiger charge is 2.31. The molecule has 0 spiro atoms. The SMILES string of the molecule is O=C(CC1Cc2ccc(Cl)cc2C1)N1CCC[C@H]1CO. The van der Waals surface area contributed by atoms with Crippen LogP contribution in [0.3, 0.4) is 0 Å². The van der Waals surface area contributed by atoms with Gasteiger partial charge in [-0.3, -0.25) is 4.79 Å². The van der Waals surface area contributed by atoms with Crippen molar-refractivity contribution in [2.75, 3.05) is 13.2 Å². The van der Waals surface area contributed by atoms with Gasteiger partial charge in [-0.15, -0.1) is 0 Å². The first-order valence-corrected chi connectivity index (χ1v) is 7.73. The van der Waals surface area contributed by atoms with E-state index in [-0.39, 0.29) is 18.6 Å². The fourth-order valence-electron chi connectivity index (χ4n) is 3.54. The van der Waals surface area contributed by atoms with Gasteiger partial charge in [-0.05, 0) is 54.9 Å². The minimum Gasteiger partial charge on any atom is -0.394 e. The van der Waals surface area contributed by atoms with Gasteiger partial charge in [-0.25, -0.2) is 0 Å². The number of rotatable bonds is 3. The first-order chi connectivity index (χ1) is 9.67. The maximum atomic E-state index is 12.4. The summed E-state index contributed by atoms with van der Waals surface area (Å²) >= 11 is 6.02. The van der Waals surface area contributed by atoms with Crippen LogP contribution in [0.25, 0.3) is 0 Å². The third-order valence-corrected chi connectivity index (χ3v) is 4.79. The van der Waals surface area contributed by atoms with Crippen molar-refractivity contribution in [2.24, 2.45) is 5.92 Å². The molecule has 3 rings (SSSR count). The minimum atomic E-state index is 0.0423. The molecule has 1 aliphatic heterocycles. The molecule has 1 heterocycles. The second-order valence-electron chi connectivity index (χ2n) is 5.96. The highest BCUT2D eigenvalue weighted by molar-refractivity contribution is 6.30. The molecule has 0 radical (unpaired) electrons. The highest BCUT2D eigenvalue weighted by Crippen LogP contribution is 2.32. The normalized spacial score (nSPS) is 25.0. The summed E-state index contributed by atoms with van der Waals surface area (Å²) in [6.07, 6.45) is 4.44. The summed E-state index contributed by atoms with van der Waals surface area (Å²) in [4.78, 5) is 14.2. The van der Waals surface area contributed by atoms with E-state index in [4.69, 9.17) is 11.6 Å². The molecule has 1 amide bonds. The number of hydrogen-bond donors (Lipinski definition) is 1.